The number of rotatable bonds is 5. The number of carbonyl (C=O) groups is 2. The van der Waals surface area contributed by atoms with Crippen molar-refractivity contribution in [3.8, 4) is 0 Å². The molecule has 0 saturated carbocycles. The summed E-state index contributed by atoms with van der Waals surface area (Å²) in [7, 11) is 0. The number of benzene rings is 1. The summed E-state index contributed by atoms with van der Waals surface area (Å²) < 4.78 is 0. The van der Waals surface area contributed by atoms with Crippen LogP contribution in [0.5, 0.6) is 0 Å². The minimum Gasteiger partial charge on any atom is -0.366 e. The van der Waals surface area contributed by atoms with Crippen molar-refractivity contribution in [3.05, 3.63) is 57.3 Å². The first-order chi connectivity index (χ1) is 10.9. The molecular formula is C16H18N4O3. The third-order valence-electron chi connectivity index (χ3n) is 3.40. The van der Waals surface area contributed by atoms with Crippen LogP contribution in [0.15, 0.2) is 29.1 Å². The summed E-state index contributed by atoms with van der Waals surface area (Å²) in [6.45, 7) is 3.46. The van der Waals surface area contributed by atoms with Crippen molar-refractivity contribution >= 4 is 17.5 Å². The van der Waals surface area contributed by atoms with Crippen molar-refractivity contribution in [1.82, 2.24) is 9.97 Å². The van der Waals surface area contributed by atoms with Gasteiger partial charge in [-0.15, -0.1) is 0 Å². The summed E-state index contributed by atoms with van der Waals surface area (Å²) in [4.78, 5) is 41.6. The number of nitrogens with two attached hydrogens (primary N) is 1. The lowest BCUT2D eigenvalue weighted by molar-refractivity contribution is -0.116. The number of aromatic amines is 1. The third-order valence-corrected chi connectivity index (χ3v) is 3.40. The number of aryl methyl sites for hydroxylation is 2. The summed E-state index contributed by atoms with van der Waals surface area (Å²) in [5.74, 6) is -0.198. The molecule has 120 valence electrons. The lowest BCUT2D eigenvalue weighted by Crippen LogP contribution is -2.20. The van der Waals surface area contributed by atoms with Crippen LogP contribution < -0.4 is 16.6 Å². The Balaban J connectivity index is 1.98. The van der Waals surface area contributed by atoms with E-state index in [4.69, 9.17) is 5.73 Å². The van der Waals surface area contributed by atoms with Crippen molar-refractivity contribution in [2.24, 2.45) is 5.73 Å². The molecule has 0 bridgehead atoms. The van der Waals surface area contributed by atoms with E-state index in [1.165, 1.54) is 12.1 Å². The average Bonchev–Trinajstić information content (AvgIpc) is 2.46. The summed E-state index contributed by atoms with van der Waals surface area (Å²) in [5.41, 5.74) is 7.01. The van der Waals surface area contributed by atoms with E-state index in [0.717, 1.165) is 0 Å². The number of primary amides is 1. The molecular weight excluding hydrogens is 296 g/mol. The monoisotopic (exact) mass is 314 g/mol. The van der Waals surface area contributed by atoms with Gasteiger partial charge in [0.1, 0.15) is 5.82 Å². The number of H-pyrrole nitrogens is 1. The quantitative estimate of drug-likeness (QED) is 0.764. The normalized spacial score (nSPS) is 10.3. The Kier molecular flexibility index (Phi) is 4.90. The van der Waals surface area contributed by atoms with Crippen LogP contribution in [0.3, 0.4) is 0 Å². The Morgan fingerprint density at radius 1 is 1.22 bits per heavy atom. The van der Waals surface area contributed by atoms with Crippen LogP contribution in [-0.4, -0.2) is 21.8 Å². The van der Waals surface area contributed by atoms with Crippen LogP contribution in [0.1, 0.15) is 33.9 Å². The van der Waals surface area contributed by atoms with Crippen LogP contribution in [0.4, 0.5) is 5.69 Å². The van der Waals surface area contributed by atoms with Gasteiger partial charge in [-0.05, 0) is 44.5 Å². The van der Waals surface area contributed by atoms with Crippen LogP contribution in [0.2, 0.25) is 0 Å². The van der Waals surface area contributed by atoms with E-state index in [1.807, 2.05) is 0 Å². The van der Waals surface area contributed by atoms with E-state index in [1.54, 1.807) is 26.0 Å². The Morgan fingerprint density at radius 3 is 2.43 bits per heavy atom. The molecule has 0 unspecified atom stereocenters. The smallest absolute Gasteiger partial charge is 0.254 e. The first kappa shape index (κ1) is 16.4. The summed E-state index contributed by atoms with van der Waals surface area (Å²) >= 11 is 0. The Morgan fingerprint density at radius 2 is 1.87 bits per heavy atom. The number of aromatic nitrogens is 2. The fourth-order valence-electron chi connectivity index (χ4n) is 2.23. The molecule has 0 fully saturated rings. The van der Waals surface area contributed by atoms with Gasteiger partial charge in [0, 0.05) is 28.9 Å². The zero-order valence-electron chi connectivity index (χ0n) is 13.0. The molecule has 7 nitrogen and oxygen atoms in total. The molecule has 0 spiro atoms. The van der Waals surface area contributed by atoms with Crippen molar-refractivity contribution < 1.29 is 9.59 Å². The van der Waals surface area contributed by atoms with Crippen molar-refractivity contribution in [2.45, 2.75) is 26.7 Å². The topological polar surface area (TPSA) is 118 Å². The van der Waals surface area contributed by atoms with E-state index in [2.05, 4.69) is 15.3 Å². The molecule has 4 N–H and O–H groups in total. The molecule has 1 aromatic carbocycles. The number of hydrogen-bond donors (Lipinski definition) is 3. The van der Waals surface area contributed by atoms with Crippen molar-refractivity contribution in [2.75, 3.05) is 5.32 Å². The summed E-state index contributed by atoms with van der Waals surface area (Å²) in [5, 5.41) is 2.70. The molecule has 0 atom stereocenters. The molecule has 0 aliphatic rings. The van der Waals surface area contributed by atoms with Gasteiger partial charge in [0.25, 0.3) is 5.56 Å². The van der Waals surface area contributed by atoms with Gasteiger partial charge in [-0.2, -0.15) is 0 Å². The molecule has 0 aliphatic carbocycles. The molecule has 2 rings (SSSR count). The number of nitrogens with zero attached hydrogens (tertiary/aromatic N) is 1. The van der Waals surface area contributed by atoms with E-state index in [-0.39, 0.29) is 17.9 Å². The molecule has 0 radical (unpaired) electrons. The molecule has 2 amide bonds. The minimum absolute atomic E-state index is 0.159. The highest BCUT2D eigenvalue weighted by molar-refractivity contribution is 5.94. The van der Waals surface area contributed by atoms with Crippen LogP contribution in [-0.2, 0) is 11.2 Å². The standard InChI is InChI=1S/C16H18N4O3/c1-9-13(16(23)19-10(2)18-9)7-8-14(21)20-12-5-3-11(4-6-12)15(17)22/h3-6H,7-8H2,1-2H3,(H2,17,22)(H,20,21)(H,18,19,23). The summed E-state index contributed by atoms with van der Waals surface area (Å²) in [6, 6.07) is 6.28. The second kappa shape index (κ2) is 6.87. The average molecular weight is 314 g/mol. The molecule has 0 saturated heterocycles. The second-order valence-electron chi connectivity index (χ2n) is 5.21. The van der Waals surface area contributed by atoms with Crippen molar-refractivity contribution in [1.29, 1.82) is 0 Å². The number of amides is 2. The highest BCUT2D eigenvalue weighted by Crippen LogP contribution is 2.10. The van der Waals surface area contributed by atoms with Gasteiger partial charge >= 0.3 is 0 Å². The van der Waals surface area contributed by atoms with Crippen LogP contribution >= 0.6 is 0 Å². The molecule has 2 aromatic rings. The second-order valence-corrected chi connectivity index (χ2v) is 5.21. The molecule has 7 heteroatoms. The number of hydrogen-bond acceptors (Lipinski definition) is 4. The molecule has 1 heterocycles. The predicted molar refractivity (Wildman–Crippen MR) is 86.2 cm³/mol. The Bertz CT molecular complexity index is 794. The third kappa shape index (κ3) is 4.26. The SMILES string of the molecule is Cc1nc(C)c(CCC(=O)Nc2ccc(C(N)=O)cc2)c(=O)[nH]1. The molecule has 23 heavy (non-hydrogen) atoms. The van der Waals surface area contributed by atoms with Crippen LogP contribution in [0, 0.1) is 13.8 Å². The first-order valence-corrected chi connectivity index (χ1v) is 7.13. The fraction of sp³-hybridized carbons (Fsp3) is 0.250. The maximum Gasteiger partial charge on any atom is 0.254 e. The zero-order valence-corrected chi connectivity index (χ0v) is 13.0. The Labute approximate surface area is 132 Å². The van der Waals surface area contributed by atoms with Gasteiger partial charge in [0.2, 0.25) is 11.8 Å². The molecule has 0 aliphatic heterocycles. The van der Waals surface area contributed by atoms with E-state index >= 15 is 0 Å². The Hall–Kier alpha value is -2.96. The van der Waals surface area contributed by atoms with Gasteiger partial charge in [0.15, 0.2) is 0 Å². The number of carbonyl (C=O) groups excluding carboxylic acids is 2. The molecule has 1 aromatic heterocycles. The lowest BCUT2D eigenvalue weighted by atomic mass is 10.1. The van der Waals surface area contributed by atoms with Gasteiger partial charge in [-0.1, -0.05) is 0 Å². The predicted octanol–water partition coefficient (Wildman–Crippen LogP) is 1.06. The van der Waals surface area contributed by atoms with E-state index in [9.17, 15) is 14.4 Å². The minimum atomic E-state index is -0.524. The number of anilines is 1. The van der Waals surface area contributed by atoms with E-state index in [0.29, 0.717) is 34.8 Å². The maximum atomic E-state index is 12.0. The maximum absolute atomic E-state index is 12.0. The van der Waals surface area contributed by atoms with Gasteiger partial charge in [-0.25, -0.2) is 4.98 Å². The highest BCUT2D eigenvalue weighted by atomic mass is 16.2. The van der Waals surface area contributed by atoms with Gasteiger partial charge in [-0.3, -0.25) is 14.4 Å². The van der Waals surface area contributed by atoms with E-state index < -0.39 is 5.91 Å². The number of nitrogens with one attached hydrogen (secondary N) is 2. The van der Waals surface area contributed by atoms with Gasteiger partial charge in [0.05, 0.1) is 0 Å². The van der Waals surface area contributed by atoms with Gasteiger partial charge < -0.3 is 16.0 Å². The van der Waals surface area contributed by atoms with Crippen LogP contribution in [0.25, 0.3) is 0 Å². The zero-order chi connectivity index (χ0) is 17.0. The fourth-order valence-corrected chi connectivity index (χ4v) is 2.23. The highest BCUT2D eigenvalue weighted by Gasteiger charge is 2.10. The summed E-state index contributed by atoms with van der Waals surface area (Å²) in [6.07, 6.45) is 0.464. The van der Waals surface area contributed by atoms with Crippen molar-refractivity contribution in [3.63, 3.8) is 0 Å². The first-order valence-electron chi connectivity index (χ1n) is 7.13. The largest absolute Gasteiger partial charge is 0.366 e. The lowest BCUT2D eigenvalue weighted by Gasteiger charge is -2.07.